The number of alkyl halides is 1. The van der Waals surface area contributed by atoms with Crippen LogP contribution in [0, 0.1) is 11.4 Å². The van der Waals surface area contributed by atoms with Crippen LogP contribution in [0.5, 0.6) is 0 Å². The molecule has 2 aromatic heterocycles. The number of hydrogen-bond acceptors (Lipinski definition) is 8. The number of nitrogens with two attached hydrogens (primary N) is 1. The van der Waals surface area contributed by atoms with Gasteiger partial charge in [0.2, 0.25) is 17.8 Å². The van der Waals surface area contributed by atoms with E-state index in [1.807, 2.05) is 13.8 Å². The maximum atomic E-state index is 14.9. The SMILES string of the molecule is CC(C)c1ccc(C(NC(=O)[C@@H]2C[C@@H](F)CN2C(=O)CC(=N)C=NN)c2cccc(-c3cnco3)c2)nc1F. The van der Waals surface area contributed by atoms with Gasteiger partial charge in [0.15, 0.2) is 12.2 Å². The van der Waals surface area contributed by atoms with E-state index < -0.39 is 36.0 Å². The number of oxazole rings is 1. The topological polar surface area (TPSA) is 151 Å². The van der Waals surface area contributed by atoms with Crippen LogP contribution in [0.25, 0.3) is 11.3 Å². The van der Waals surface area contributed by atoms with Crippen molar-refractivity contribution in [1.29, 1.82) is 5.41 Å². The molecule has 3 heterocycles. The molecule has 1 unspecified atom stereocenters. The molecule has 1 aliphatic rings. The molecule has 39 heavy (non-hydrogen) atoms. The summed E-state index contributed by atoms with van der Waals surface area (Å²) >= 11 is 0. The van der Waals surface area contributed by atoms with Gasteiger partial charge >= 0.3 is 0 Å². The van der Waals surface area contributed by atoms with Gasteiger partial charge in [-0.05, 0) is 23.6 Å². The van der Waals surface area contributed by atoms with Crippen LogP contribution >= 0.6 is 0 Å². The minimum atomic E-state index is -1.42. The lowest BCUT2D eigenvalue weighted by Gasteiger charge is -2.27. The lowest BCUT2D eigenvalue weighted by molar-refractivity contribution is -0.137. The average molecular weight is 538 g/mol. The molecule has 0 radical (unpaired) electrons. The number of hydrazone groups is 1. The van der Waals surface area contributed by atoms with Gasteiger partial charge < -0.3 is 25.9 Å². The molecular weight excluding hydrogens is 508 g/mol. The van der Waals surface area contributed by atoms with Gasteiger partial charge in [0.05, 0.1) is 42.8 Å². The van der Waals surface area contributed by atoms with Crippen molar-refractivity contribution in [1.82, 2.24) is 20.2 Å². The first-order valence-corrected chi connectivity index (χ1v) is 12.4. The van der Waals surface area contributed by atoms with Crippen LogP contribution in [0.15, 0.2) is 58.5 Å². The molecule has 1 saturated heterocycles. The van der Waals surface area contributed by atoms with Crippen LogP contribution in [0.3, 0.4) is 0 Å². The fraction of sp³-hybridized carbons (Fsp3) is 0.333. The highest BCUT2D eigenvalue weighted by Gasteiger charge is 2.40. The highest BCUT2D eigenvalue weighted by molar-refractivity contribution is 6.33. The normalized spacial score (nSPS) is 18.0. The highest BCUT2D eigenvalue weighted by Crippen LogP contribution is 2.29. The van der Waals surface area contributed by atoms with E-state index in [-0.39, 0.29) is 36.7 Å². The second-order valence-electron chi connectivity index (χ2n) is 9.58. The number of pyridine rings is 1. The van der Waals surface area contributed by atoms with Gasteiger partial charge in [-0.25, -0.2) is 14.4 Å². The van der Waals surface area contributed by atoms with Crippen molar-refractivity contribution in [2.24, 2.45) is 10.9 Å². The quantitative estimate of drug-likeness (QED) is 0.165. The summed E-state index contributed by atoms with van der Waals surface area (Å²) in [5, 5.41) is 13.8. The molecule has 3 atom stereocenters. The van der Waals surface area contributed by atoms with Crippen molar-refractivity contribution in [3.63, 3.8) is 0 Å². The average Bonchev–Trinajstić information content (AvgIpc) is 3.57. The van der Waals surface area contributed by atoms with Gasteiger partial charge in [-0.3, -0.25) is 9.59 Å². The van der Waals surface area contributed by atoms with Crippen LogP contribution in [-0.4, -0.2) is 57.4 Å². The van der Waals surface area contributed by atoms with E-state index in [1.165, 1.54) is 6.39 Å². The number of nitrogens with one attached hydrogen (secondary N) is 2. The second-order valence-corrected chi connectivity index (χ2v) is 9.58. The zero-order chi connectivity index (χ0) is 28.1. The number of likely N-dealkylation sites (tertiary alicyclic amines) is 1. The predicted molar refractivity (Wildman–Crippen MR) is 140 cm³/mol. The number of nitrogens with zero attached hydrogens (tertiary/aromatic N) is 4. The summed E-state index contributed by atoms with van der Waals surface area (Å²) in [6.45, 7) is 3.40. The van der Waals surface area contributed by atoms with Gasteiger partial charge in [0.1, 0.15) is 12.2 Å². The molecule has 10 nitrogen and oxygen atoms in total. The monoisotopic (exact) mass is 537 g/mol. The Balaban J connectivity index is 1.67. The molecule has 4 N–H and O–H groups in total. The predicted octanol–water partition coefficient (Wildman–Crippen LogP) is 3.50. The molecule has 3 aromatic rings. The molecule has 1 aliphatic heterocycles. The Morgan fingerprint density at radius 2 is 2.13 bits per heavy atom. The van der Waals surface area contributed by atoms with Crippen molar-refractivity contribution in [3.05, 3.63) is 71.8 Å². The summed E-state index contributed by atoms with van der Waals surface area (Å²) in [7, 11) is 0. The minimum absolute atomic E-state index is 0.100. The van der Waals surface area contributed by atoms with Crippen molar-refractivity contribution in [3.8, 4) is 11.3 Å². The fourth-order valence-electron chi connectivity index (χ4n) is 4.56. The first-order chi connectivity index (χ1) is 18.7. The molecule has 4 rings (SSSR count). The molecule has 0 saturated carbocycles. The van der Waals surface area contributed by atoms with Crippen LogP contribution in [0.1, 0.15) is 55.5 Å². The Kier molecular flexibility index (Phi) is 8.43. The van der Waals surface area contributed by atoms with E-state index in [1.54, 1.807) is 42.6 Å². The first kappa shape index (κ1) is 27.6. The van der Waals surface area contributed by atoms with Gasteiger partial charge in [0, 0.05) is 17.5 Å². The lowest BCUT2D eigenvalue weighted by atomic mass is 9.97. The van der Waals surface area contributed by atoms with E-state index in [2.05, 4.69) is 20.4 Å². The van der Waals surface area contributed by atoms with Crippen molar-refractivity contribution < 1.29 is 22.8 Å². The van der Waals surface area contributed by atoms with Gasteiger partial charge in [-0.1, -0.05) is 38.1 Å². The molecule has 1 fully saturated rings. The number of benzene rings is 1. The van der Waals surface area contributed by atoms with Gasteiger partial charge in [-0.15, -0.1) is 0 Å². The summed E-state index contributed by atoms with van der Waals surface area (Å²) in [4.78, 5) is 35.5. The van der Waals surface area contributed by atoms with Crippen LogP contribution in [0.4, 0.5) is 8.78 Å². The third kappa shape index (κ3) is 6.33. The Morgan fingerprint density at radius 3 is 2.79 bits per heavy atom. The van der Waals surface area contributed by atoms with E-state index in [9.17, 15) is 18.4 Å². The highest BCUT2D eigenvalue weighted by atomic mass is 19.1. The molecule has 0 spiro atoms. The van der Waals surface area contributed by atoms with Gasteiger partial charge in [-0.2, -0.15) is 9.49 Å². The maximum absolute atomic E-state index is 14.9. The maximum Gasteiger partial charge on any atom is 0.243 e. The third-order valence-corrected chi connectivity index (χ3v) is 6.49. The molecule has 1 aromatic carbocycles. The molecular formula is C27H29F2N7O3. The zero-order valence-corrected chi connectivity index (χ0v) is 21.5. The summed E-state index contributed by atoms with van der Waals surface area (Å²) in [5.74, 6) is 3.54. The summed E-state index contributed by atoms with van der Waals surface area (Å²) in [6, 6.07) is 8.24. The number of carbonyl (C=O) groups excluding carboxylic acids is 2. The first-order valence-electron chi connectivity index (χ1n) is 12.4. The summed E-state index contributed by atoms with van der Waals surface area (Å²) in [6.07, 6.45) is 1.82. The largest absolute Gasteiger partial charge is 0.444 e. The molecule has 12 heteroatoms. The minimum Gasteiger partial charge on any atom is -0.444 e. The number of carbonyl (C=O) groups is 2. The third-order valence-electron chi connectivity index (χ3n) is 6.49. The van der Waals surface area contributed by atoms with Crippen LogP contribution in [0.2, 0.25) is 0 Å². The Labute approximate surface area is 223 Å². The number of amides is 2. The lowest BCUT2D eigenvalue weighted by Crippen LogP contribution is -2.47. The number of aromatic nitrogens is 2. The molecule has 0 bridgehead atoms. The van der Waals surface area contributed by atoms with E-state index in [0.29, 0.717) is 22.5 Å². The van der Waals surface area contributed by atoms with Crippen molar-refractivity contribution in [2.45, 2.75) is 50.9 Å². The second kappa shape index (κ2) is 11.9. The van der Waals surface area contributed by atoms with E-state index in [4.69, 9.17) is 15.7 Å². The molecule has 204 valence electrons. The number of hydrogen-bond donors (Lipinski definition) is 3. The number of rotatable bonds is 9. The van der Waals surface area contributed by atoms with Gasteiger partial charge in [0.25, 0.3) is 0 Å². The fourth-order valence-corrected chi connectivity index (χ4v) is 4.56. The number of halogens is 2. The van der Waals surface area contributed by atoms with Crippen LogP contribution in [-0.2, 0) is 9.59 Å². The van der Waals surface area contributed by atoms with Crippen molar-refractivity contribution >= 4 is 23.7 Å². The van der Waals surface area contributed by atoms with Crippen LogP contribution < -0.4 is 11.2 Å². The Morgan fingerprint density at radius 1 is 1.33 bits per heavy atom. The van der Waals surface area contributed by atoms with Crippen molar-refractivity contribution in [2.75, 3.05) is 6.54 Å². The Bertz CT molecular complexity index is 1380. The molecule has 2 amide bonds. The standard InChI is InChI=1S/C27H29F2N7O3/c1-15(2)20-6-7-21(34-26(20)29)25(17-5-3-4-16(8-17)23-12-32-14-39-23)35-27(38)22-9-18(28)13-36(22)24(37)10-19(30)11-33-31/h3-8,11-12,14-15,18,22,25,30H,9-10,13,31H2,1-2H3,(H,35,38)/t18-,22+,25?/m1/s1. The Hall–Kier alpha value is -4.48. The zero-order valence-electron chi connectivity index (χ0n) is 21.5. The smallest absolute Gasteiger partial charge is 0.243 e. The molecule has 0 aliphatic carbocycles. The van der Waals surface area contributed by atoms with E-state index >= 15 is 0 Å². The van der Waals surface area contributed by atoms with E-state index in [0.717, 1.165) is 11.1 Å². The summed E-state index contributed by atoms with van der Waals surface area (Å²) in [5.41, 5.74) is 1.72. The summed E-state index contributed by atoms with van der Waals surface area (Å²) < 4.78 is 34.8.